The summed E-state index contributed by atoms with van der Waals surface area (Å²) in [6.45, 7) is 12.6. The lowest BCUT2D eigenvalue weighted by molar-refractivity contribution is -0.162. The van der Waals surface area contributed by atoms with Crippen LogP contribution in [0.3, 0.4) is 0 Å². The standard InChI is InChI=1S/C23H31Cl3O4Si/c1-15(27)21(28-14-16-10-8-7-9-11-16)22(30-31(5,6)23(2,3)4)29-20-13-18(25)17(24)12-19(20)26/h7-13,15,21-22,27H,14H2,1-6H3/t15-,21+,22?/m1/s1. The van der Waals surface area contributed by atoms with Crippen LogP contribution in [0.5, 0.6) is 5.75 Å². The fraction of sp³-hybridized carbons (Fsp3) is 0.478. The first-order valence-electron chi connectivity index (χ1n) is 10.1. The van der Waals surface area contributed by atoms with Crippen molar-refractivity contribution in [3.63, 3.8) is 0 Å². The van der Waals surface area contributed by atoms with Crippen LogP contribution in [0.25, 0.3) is 0 Å². The fourth-order valence-electron chi connectivity index (χ4n) is 2.56. The minimum absolute atomic E-state index is 0.0846. The zero-order valence-corrected chi connectivity index (χ0v) is 22.1. The molecule has 2 aromatic carbocycles. The number of hydrogen-bond acceptors (Lipinski definition) is 4. The van der Waals surface area contributed by atoms with Crippen molar-refractivity contribution in [2.45, 2.75) is 70.9 Å². The van der Waals surface area contributed by atoms with Crippen LogP contribution in [0.15, 0.2) is 42.5 Å². The Morgan fingerprint density at radius 1 is 0.968 bits per heavy atom. The maximum Gasteiger partial charge on any atom is 0.220 e. The van der Waals surface area contributed by atoms with Crippen molar-refractivity contribution < 1.29 is 19.0 Å². The summed E-state index contributed by atoms with van der Waals surface area (Å²) >= 11 is 18.6. The molecule has 0 aliphatic carbocycles. The molecule has 0 saturated carbocycles. The van der Waals surface area contributed by atoms with Gasteiger partial charge in [0.25, 0.3) is 0 Å². The average Bonchev–Trinajstić information content (AvgIpc) is 2.65. The van der Waals surface area contributed by atoms with E-state index in [2.05, 4.69) is 33.9 Å². The predicted molar refractivity (Wildman–Crippen MR) is 131 cm³/mol. The molecule has 0 saturated heterocycles. The maximum atomic E-state index is 10.6. The second-order valence-corrected chi connectivity index (χ2v) is 15.0. The summed E-state index contributed by atoms with van der Waals surface area (Å²) in [6.07, 6.45) is -2.53. The van der Waals surface area contributed by atoms with Crippen LogP contribution in [0.4, 0.5) is 0 Å². The average molecular weight is 506 g/mol. The van der Waals surface area contributed by atoms with Gasteiger partial charge in [-0.2, -0.15) is 0 Å². The van der Waals surface area contributed by atoms with E-state index in [1.807, 2.05) is 30.3 Å². The molecule has 31 heavy (non-hydrogen) atoms. The zero-order valence-electron chi connectivity index (χ0n) is 18.8. The molecule has 1 N–H and O–H groups in total. The van der Waals surface area contributed by atoms with E-state index in [0.717, 1.165) is 5.56 Å². The monoisotopic (exact) mass is 504 g/mol. The van der Waals surface area contributed by atoms with E-state index >= 15 is 0 Å². The van der Waals surface area contributed by atoms with Crippen molar-refractivity contribution in [1.82, 2.24) is 0 Å². The summed E-state index contributed by atoms with van der Waals surface area (Å²) in [5.41, 5.74) is 0.979. The molecule has 1 unspecified atom stereocenters. The van der Waals surface area contributed by atoms with Crippen LogP contribution in [0.2, 0.25) is 33.2 Å². The molecular weight excluding hydrogens is 475 g/mol. The highest BCUT2D eigenvalue weighted by Gasteiger charge is 2.43. The Hall–Kier alpha value is -0.793. The smallest absolute Gasteiger partial charge is 0.220 e. The third-order valence-corrected chi connectivity index (χ3v) is 10.9. The van der Waals surface area contributed by atoms with E-state index < -0.39 is 26.8 Å². The zero-order chi connectivity index (χ0) is 23.4. The highest BCUT2D eigenvalue weighted by Crippen LogP contribution is 2.40. The molecule has 0 spiro atoms. The first-order chi connectivity index (χ1) is 14.3. The second kappa shape index (κ2) is 10.9. The molecule has 0 bridgehead atoms. The molecule has 0 fully saturated rings. The third kappa shape index (κ3) is 7.36. The van der Waals surface area contributed by atoms with Gasteiger partial charge in [0.2, 0.25) is 6.29 Å². The Labute approximate surface area is 201 Å². The van der Waals surface area contributed by atoms with Gasteiger partial charge in [0.1, 0.15) is 11.9 Å². The molecule has 0 aliphatic rings. The van der Waals surface area contributed by atoms with Gasteiger partial charge in [0.05, 0.1) is 27.8 Å². The SMILES string of the molecule is C[C@@H](O)[C@H](OCc1ccccc1)C(Oc1cc(Cl)c(Cl)cc1Cl)O[Si](C)(C)C(C)(C)C. The van der Waals surface area contributed by atoms with Crippen molar-refractivity contribution in [3.05, 3.63) is 63.1 Å². The maximum absolute atomic E-state index is 10.6. The highest BCUT2D eigenvalue weighted by atomic mass is 35.5. The van der Waals surface area contributed by atoms with Crippen LogP contribution in [-0.2, 0) is 15.8 Å². The Bertz CT molecular complexity index is 854. The number of aliphatic hydroxyl groups excluding tert-OH is 1. The molecule has 8 heteroatoms. The number of benzene rings is 2. The quantitative estimate of drug-likeness (QED) is 0.220. The molecule has 0 radical (unpaired) electrons. The van der Waals surface area contributed by atoms with Gasteiger partial charge in [0, 0.05) is 6.07 Å². The summed E-state index contributed by atoms with van der Waals surface area (Å²) in [5, 5.41) is 11.4. The van der Waals surface area contributed by atoms with Crippen molar-refractivity contribution in [1.29, 1.82) is 0 Å². The van der Waals surface area contributed by atoms with Crippen molar-refractivity contribution in [2.24, 2.45) is 0 Å². The van der Waals surface area contributed by atoms with Crippen LogP contribution < -0.4 is 4.74 Å². The minimum Gasteiger partial charge on any atom is -0.461 e. The molecule has 0 heterocycles. The molecule has 2 aromatic rings. The summed E-state index contributed by atoms with van der Waals surface area (Å²) in [6, 6.07) is 12.8. The van der Waals surface area contributed by atoms with Crippen LogP contribution in [-0.4, -0.2) is 31.9 Å². The van der Waals surface area contributed by atoms with Crippen LogP contribution in [0, 0.1) is 0 Å². The topological polar surface area (TPSA) is 47.9 Å². The Balaban J connectivity index is 2.37. The van der Waals surface area contributed by atoms with Gasteiger partial charge in [-0.25, -0.2) is 0 Å². The van der Waals surface area contributed by atoms with Gasteiger partial charge in [-0.3, -0.25) is 0 Å². The Morgan fingerprint density at radius 3 is 2.10 bits per heavy atom. The normalized spacial score (nSPS) is 15.4. The predicted octanol–water partition coefficient (Wildman–Crippen LogP) is 7.34. The van der Waals surface area contributed by atoms with Crippen molar-refractivity contribution >= 4 is 43.1 Å². The van der Waals surface area contributed by atoms with Gasteiger partial charge in [0.15, 0.2) is 8.32 Å². The number of hydrogen-bond donors (Lipinski definition) is 1. The summed E-state index contributed by atoms with van der Waals surface area (Å²) < 4.78 is 18.8. The van der Waals surface area contributed by atoms with Gasteiger partial charge in [-0.15, -0.1) is 0 Å². The Morgan fingerprint density at radius 2 is 1.55 bits per heavy atom. The molecule has 172 valence electrons. The first kappa shape index (κ1) is 26.5. The first-order valence-corrected chi connectivity index (χ1v) is 14.2. The van der Waals surface area contributed by atoms with Gasteiger partial charge < -0.3 is 19.0 Å². The highest BCUT2D eigenvalue weighted by molar-refractivity contribution is 6.74. The van der Waals surface area contributed by atoms with Crippen molar-refractivity contribution in [2.75, 3.05) is 0 Å². The molecule has 0 aliphatic heterocycles. The van der Waals surface area contributed by atoms with Gasteiger partial charge in [-0.1, -0.05) is 85.9 Å². The molecule has 0 aromatic heterocycles. The Kier molecular flexibility index (Phi) is 9.29. The lowest BCUT2D eigenvalue weighted by atomic mass is 10.2. The summed E-state index contributed by atoms with van der Waals surface area (Å²) in [7, 11) is -2.30. The third-order valence-electron chi connectivity index (χ3n) is 5.46. The summed E-state index contributed by atoms with van der Waals surface area (Å²) in [4.78, 5) is 0. The molecule has 2 rings (SSSR count). The van der Waals surface area contributed by atoms with Crippen LogP contribution >= 0.6 is 34.8 Å². The van der Waals surface area contributed by atoms with E-state index in [4.69, 9.17) is 48.7 Å². The number of aliphatic hydroxyl groups is 1. The fourth-order valence-corrected chi connectivity index (χ4v) is 4.25. The van der Waals surface area contributed by atoms with E-state index in [9.17, 15) is 5.11 Å². The lowest BCUT2D eigenvalue weighted by Gasteiger charge is -2.41. The molecular formula is C23H31Cl3O4Si. The number of rotatable bonds is 9. The lowest BCUT2D eigenvalue weighted by Crippen LogP contribution is -2.52. The van der Waals surface area contributed by atoms with E-state index in [0.29, 0.717) is 27.4 Å². The van der Waals surface area contributed by atoms with E-state index in [-0.39, 0.29) is 5.04 Å². The number of ether oxygens (including phenoxy) is 2. The van der Waals surface area contributed by atoms with Gasteiger partial charge >= 0.3 is 0 Å². The van der Waals surface area contributed by atoms with Gasteiger partial charge in [-0.05, 0) is 36.7 Å². The van der Waals surface area contributed by atoms with E-state index in [1.165, 1.54) is 6.07 Å². The largest absolute Gasteiger partial charge is 0.461 e. The molecule has 0 amide bonds. The molecule has 4 nitrogen and oxygen atoms in total. The minimum atomic E-state index is -2.30. The second-order valence-electron chi connectivity index (χ2n) is 9.06. The number of halogens is 3. The molecule has 3 atom stereocenters. The van der Waals surface area contributed by atoms with Crippen LogP contribution in [0.1, 0.15) is 33.3 Å². The van der Waals surface area contributed by atoms with Crippen molar-refractivity contribution in [3.8, 4) is 5.75 Å². The van der Waals surface area contributed by atoms with E-state index in [1.54, 1.807) is 13.0 Å². The summed E-state index contributed by atoms with van der Waals surface area (Å²) in [5.74, 6) is 0.314.